The number of ether oxygens (including phenoxy) is 1. The molecule has 2 aromatic rings. The number of amides is 1. The van der Waals surface area contributed by atoms with E-state index in [-0.39, 0.29) is 35.6 Å². The van der Waals surface area contributed by atoms with Gasteiger partial charge in [0.1, 0.15) is 17.4 Å². The molecule has 2 unspecified atom stereocenters. The lowest BCUT2D eigenvalue weighted by molar-refractivity contribution is -0.133. The van der Waals surface area contributed by atoms with Gasteiger partial charge < -0.3 is 10.1 Å². The molecule has 1 amide bonds. The molecule has 1 aliphatic heterocycles. The maximum atomic E-state index is 13.8. The number of Topliss-reactive ketones (excluding diaryl/α,β-unsaturated/α-hetero) is 2. The van der Waals surface area contributed by atoms with Gasteiger partial charge in [0, 0.05) is 30.7 Å². The Morgan fingerprint density at radius 2 is 1.83 bits per heavy atom. The number of benzene rings is 2. The number of allylic oxidation sites excluding steroid dienone is 2. The quantitative estimate of drug-likeness (QED) is 0.551. The summed E-state index contributed by atoms with van der Waals surface area (Å²) < 4.78 is 18.9. The summed E-state index contributed by atoms with van der Waals surface area (Å²) in [5.41, 5.74) is 5.66. The Bertz CT molecular complexity index is 1200. The number of carbonyl (C=O) groups excluding carboxylic acids is 3. The van der Waals surface area contributed by atoms with Gasteiger partial charge >= 0.3 is 0 Å². The van der Waals surface area contributed by atoms with Gasteiger partial charge in [-0.05, 0) is 60.1 Å². The highest BCUT2D eigenvalue weighted by atomic mass is 19.1. The van der Waals surface area contributed by atoms with Crippen LogP contribution in [-0.2, 0) is 32.0 Å². The van der Waals surface area contributed by atoms with Crippen LogP contribution < -0.4 is 5.32 Å². The third kappa shape index (κ3) is 5.13. The van der Waals surface area contributed by atoms with Crippen molar-refractivity contribution in [2.24, 2.45) is 11.8 Å². The minimum Gasteiger partial charge on any atom is -0.363 e. The zero-order chi connectivity index (χ0) is 24.5. The van der Waals surface area contributed by atoms with E-state index in [1.807, 2.05) is 19.1 Å². The van der Waals surface area contributed by atoms with Crippen LogP contribution in [0.15, 0.2) is 54.1 Å². The highest BCUT2D eigenvalue weighted by Gasteiger charge is 2.41. The average molecular weight is 476 g/mol. The van der Waals surface area contributed by atoms with Crippen molar-refractivity contribution in [1.82, 2.24) is 5.32 Å². The largest absolute Gasteiger partial charge is 0.363 e. The first-order valence-electron chi connectivity index (χ1n) is 12.4. The van der Waals surface area contributed by atoms with E-state index in [1.165, 1.54) is 34.4 Å². The third-order valence-electron chi connectivity index (χ3n) is 7.52. The minimum atomic E-state index is -0.491. The Labute approximate surface area is 204 Å². The van der Waals surface area contributed by atoms with Gasteiger partial charge in [0.2, 0.25) is 0 Å². The summed E-state index contributed by atoms with van der Waals surface area (Å²) >= 11 is 0. The van der Waals surface area contributed by atoms with Gasteiger partial charge in [-0.15, -0.1) is 0 Å². The molecule has 0 radical (unpaired) electrons. The predicted molar refractivity (Wildman–Crippen MR) is 130 cm³/mol. The molecule has 2 aromatic carbocycles. The lowest BCUT2D eigenvalue weighted by Crippen LogP contribution is -2.43. The van der Waals surface area contributed by atoms with Crippen molar-refractivity contribution >= 4 is 23.0 Å². The van der Waals surface area contributed by atoms with Crippen molar-refractivity contribution < 1.29 is 23.5 Å². The van der Waals surface area contributed by atoms with Crippen LogP contribution in [0.1, 0.15) is 49.3 Å². The van der Waals surface area contributed by atoms with E-state index in [0.29, 0.717) is 37.9 Å². The fraction of sp³-hybridized carbons (Fsp3) is 0.414. The zero-order valence-electron chi connectivity index (χ0n) is 19.9. The fourth-order valence-electron chi connectivity index (χ4n) is 5.66. The number of nitrogens with one attached hydrogen (secondary N) is 1. The Balaban J connectivity index is 1.36. The zero-order valence-corrected chi connectivity index (χ0v) is 19.9. The highest BCUT2D eigenvalue weighted by Crippen LogP contribution is 2.47. The van der Waals surface area contributed by atoms with Gasteiger partial charge in [-0.2, -0.15) is 0 Å². The van der Waals surface area contributed by atoms with Crippen molar-refractivity contribution in [3.8, 4) is 0 Å². The number of ketones is 2. The normalized spacial score (nSPS) is 23.3. The van der Waals surface area contributed by atoms with Crippen LogP contribution in [-0.4, -0.2) is 36.2 Å². The summed E-state index contributed by atoms with van der Waals surface area (Å²) in [7, 11) is 0. The second-order valence-corrected chi connectivity index (χ2v) is 9.89. The van der Waals surface area contributed by atoms with E-state index in [2.05, 4.69) is 17.4 Å². The Morgan fingerprint density at radius 3 is 2.57 bits per heavy atom. The van der Waals surface area contributed by atoms with Gasteiger partial charge in [0.05, 0.1) is 6.61 Å². The van der Waals surface area contributed by atoms with Crippen molar-refractivity contribution in [3.63, 3.8) is 0 Å². The maximum absolute atomic E-state index is 13.8. The molecule has 5 nitrogen and oxygen atoms in total. The van der Waals surface area contributed by atoms with Crippen LogP contribution in [0.4, 0.5) is 4.39 Å². The van der Waals surface area contributed by atoms with E-state index in [0.717, 1.165) is 6.42 Å². The topological polar surface area (TPSA) is 75.8 Å². The van der Waals surface area contributed by atoms with Crippen molar-refractivity contribution in [2.45, 2.75) is 57.6 Å². The first-order valence-corrected chi connectivity index (χ1v) is 12.4. The summed E-state index contributed by atoms with van der Waals surface area (Å²) in [5.74, 6) is -1.27. The van der Waals surface area contributed by atoms with E-state index >= 15 is 0 Å². The smallest absolute Gasteiger partial charge is 0.251 e. The fourth-order valence-corrected chi connectivity index (χ4v) is 5.66. The molecular formula is C29H30FNO4. The molecule has 3 aliphatic rings. The van der Waals surface area contributed by atoms with Crippen molar-refractivity contribution in [2.75, 3.05) is 6.61 Å². The molecule has 0 saturated carbocycles. The highest BCUT2D eigenvalue weighted by molar-refractivity contribution is 5.94. The Morgan fingerprint density at radius 1 is 1.06 bits per heavy atom. The van der Waals surface area contributed by atoms with Gasteiger partial charge in [-0.1, -0.05) is 48.9 Å². The van der Waals surface area contributed by atoms with Gasteiger partial charge in [0.25, 0.3) is 5.91 Å². The monoisotopic (exact) mass is 475 g/mol. The first-order chi connectivity index (χ1) is 16.9. The van der Waals surface area contributed by atoms with Crippen LogP contribution >= 0.6 is 0 Å². The first kappa shape index (κ1) is 23.6. The van der Waals surface area contributed by atoms with Crippen LogP contribution in [0.2, 0.25) is 0 Å². The molecule has 1 N–H and O–H groups in total. The minimum absolute atomic E-state index is 0.0160. The molecule has 1 fully saturated rings. The SMILES string of the molecule is CCC(=O)[C@H]1CC2=C(Cc3ccccc32)CC1C(=O)C[C@@H](Cc1cccc(F)c1)NC(=O)C1CO1. The number of hydrogen-bond acceptors (Lipinski definition) is 4. The lowest BCUT2D eigenvalue weighted by atomic mass is 9.70. The van der Waals surface area contributed by atoms with Gasteiger partial charge in [0.15, 0.2) is 6.10 Å². The summed E-state index contributed by atoms with van der Waals surface area (Å²) in [6.07, 6.45) is 2.33. The second kappa shape index (κ2) is 9.86. The third-order valence-corrected chi connectivity index (χ3v) is 7.52. The molecule has 4 atom stereocenters. The average Bonchev–Trinajstić information content (AvgIpc) is 3.64. The summed E-state index contributed by atoms with van der Waals surface area (Å²) in [4.78, 5) is 39.1. The number of rotatable bonds is 9. The van der Waals surface area contributed by atoms with Crippen molar-refractivity contribution in [1.29, 1.82) is 0 Å². The molecule has 1 heterocycles. The molecule has 6 heteroatoms. The Hall–Kier alpha value is -3.12. The summed E-state index contributed by atoms with van der Waals surface area (Å²) in [5, 5.41) is 2.93. The molecule has 0 spiro atoms. The van der Waals surface area contributed by atoms with Crippen molar-refractivity contribution in [3.05, 3.63) is 76.6 Å². The van der Waals surface area contributed by atoms with Crippen LogP contribution in [0.3, 0.4) is 0 Å². The van der Waals surface area contributed by atoms with Crippen LogP contribution in [0.5, 0.6) is 0 Å². The molecule has 0 bridgehead atoms. The van der Waals surface area contributed by atoms with Crippen LogP contribution in [0.25, 0.3) is 5.57 Å². The lowest BCUT2D eigenvalue weighted by Gasteiger charge is -2.32. The predicted octanol–water partition coefficient (Wildman–Crippen LogP) is 4.23. The molecule has 1 saturated heterocycles. The van der Waals surface area contributed by atoms with Gasteiger partial charge in [-0.3, -0.25) is 14.4 Å². The van der Waals surface area contributed by atoms with E-state index in [1.54, 1.807) is 12.1 Å². The number of carbonyl (C=O) groups is 3. The number of hydrogen-bond donors (Lipinski definition) is 1. The van der Waals surface area contributed by atoms with Gasteiger partial charge in [-0.25, -0.2) is 4.39 Å². The summed E-state index contributed by atoms with van der Waals surface area (Å²) in [6.45, 7) is 2.22. The molecule has 2 aliphatic carbocycles. The second-order valence-electron chi connectivity index (χ2n) is 9.89. The van der Waals surface area contributed by atoms with E-state index < -0.39 is 18.1 Å². The molecule has 0 aromatic heterocycles. The summed E-state index contributed by atoms with van der Waals surface area (Å²) in [6, 6.07) is 14.0. The van der Waals surface area contributed by atoms with E-state index in [9.17, 15) is 18.8 Å². The van der Waals surface area contributed by atoms with Crippen LogP contribution in [0, 0.1) is 17.7 Å². The standard InChI is InChI=1S/C29H30FNO4/c1-2-26(32)25-15-23-19(12-18-7-3-4-9-22(18)23)13-24(25)27(33)14-21(31-29(34)28-16-35-28)11-17-6-5-8-20(30)10-17/h3-10,21,24-25,28H,2,11-16H2,1H3,(H,31,34)/t21-,24?,25+,28?/m1/s1. The number of fused-ring (bicyclic) bond motifs is 2. The molecule has 182 valence electrons. The Kier molecular flexibility index (Phi) is 6.65. The molecule has 35 heavy (non-hydrogen) atoms. The molecule has 5 rings (SSSR count). The molecular weight excluding hydrogens is 445 g/mol. The number of halogens is 1. The number of epoxide rings is 1. The maximum Gasteiger partial charge on any atom is 0.251 e. The van der Waals surface area contributed by atoms with E-state index in [4.69, 9.17) is 4.74 Å².